The summed E-state index contributed by atoms with van der Waals surface area (Å²) in [6.07, 6.45) is 1.71. The number of nitrogens with two attached hydrogens (primary N) is 1. The maximum absolute atomic E-state index is 10.7. The fraction of sp³-hybridized carbons (Fsp3) is 0.0769. The molecule has 1 heterocycles. The number of aromatic nitrogens is 1. The average Bonchev–Trinajstić information content (AvgIpc) is 2.39. The third kappa shape index (κ3) is 2.49. The third-order valence-electron chi connectivity index (χ3n) is 2.50. The van der Waals surface area contributed by atoms with E-state index < -0.39 is 12.0 Å². The van der Waals surface area contributed by atoms with Gasteiger partial charge in [0.05, 0.1) is 5.69 Å². The largest absolute Gasteiger partial charge is 0.480 e. The summed E-state index contributed by atoms with van der Waals surface area (Å²) in [6, 6.07) is 11.7. The molecule has 86 valence electrons. The molecule has 2 rings (SSSR count). The Morgan fingerprint density at radius 2 is 1.88 bits per heavy atom. The van der Waals surface area contributed by atoms with Crippen LogP contribution in [0.3, 0.4) is 0 Å². The van der Waals surface area contributed by atoms with Crippen molar-refractivity contribution in [2.75, 3.05) is 0 Å². The smallest absolute Gasteiger partial charge is 0.325 e. The fourth-order valence-corrected chi connectivity index (χ4v) is 1.54. The first-order valence-electron chi connectivity index (χ1n) is 5.18. The lowest BCUT2D eigenvalue weighted by Gasteiger charge is -2.07. The van der Waals surface area contributed by atoms with E-state index in [0.29, 0.717) is 5.56 Å². The van der Waals surface area contributed by atoms with Crippen LogP contribution < -0.4 is 5.73 Å². The van der Waals surface area contributed by atoms with Gasteiger partial charge in [-0.3, -0.25) is 9.78 Å². The number of hydrogen-bond donors (Lipinski definition) is 2. The lowest BCUT2D eigenvalue weighted by molar-refractivity contribution is -0.138. The molecule has 0 aliphatic rings. The Morgan fingerprint density at radius 3 is 2.41 bits per heavy atom. The molecule has 0 fully saturated rings. The third-order valence-corrected chi connectivity index (χ3v) is 2.50. The van der Waals surface area contributed by atoms with E-state index in [1.165, 1.54) is 0 Å². The highest BCUT2D eigenvalue weighted by Crippen LogP contribution is 2.19. The molecule has 0 aliphatic heterocycles. The van der Waals surface area contributed by atoms with Gasteiger partial charge in [-0.2, -0.15) is 0 Å². The topological polar surface area (TPSA) is 76.2 Å². The number of benzene rings is 1. The van der Waals surface area contributed by atoms with Crippen molar-refractivity contribution in [1.29, 1.82) is 0 Å². The first kappa shape index (κ1) is 11.3. The number of aliphatic carboxylic acids is 1. The van der Waals surface area contributed by atoms with Crippen molar-refractivity contribution in [1.82, 2.24) is 4.98 Å². The number of carboxylic acids is 1. The summed E-state index contributed by atoms with van der Waals surface area (Å²) in [6.45, 7) is 0. The highest BCUT2D eigenvalue weighted by atomic mass is 16.4. The Balaban J connectivity index is 2.28. The molecule has 1 atom stereocenters. The molecule has 0 aliphatic carbocycles. The molecule has 4 nitrogen and oxygen atoms in total. The molecular weight excluding hydrogens is 216 g/mol. The normalized spacial score (nSPS) is 12.1. The van der Waals surface area contributed by atoms with E-state index in [4.69, 9.17) is 10.8 Å². The predicted octanol–water partition coefficient (Wildman–Crippen LogP) is 1.83. The van der Waals surface area contributed by atoms with Gasteiger partial charge < -0.3 is 10.8 Å². The second-order valence-corrected chi connectivity index (χ2v) is 3.65. The molecule has 3 N–H and O–H groups in total. The zero-order chi connectivity index (χ0) is 12.3. The summed E-state index contributed by atoms with van der Waals surface area (Å²) in [5.74, 6) is -1.03. The molecule has 0 saturated carbocycles. The van der Waals surface area contributed by atoms with Gasteiger partial charge >= 0.3 is 5.97 Å². The number of nitrogens with zero attached hydrogens (tertiary/aromatic N) is 1. The monoisotopic (exact) mass is 228 g/mol. The number of hydrogen-bond acceptors (Lipinski definition) is 3. The van der Waals surface area contributed by atoms with Gasteiger partial charge in [-0.1, -0.05) is 30.3 Å². The minimum absolute atomic E-state index is 0.581. The van der Waals surface area contributed by atoms with Crippen LogP contribution in [-0.4, -0.2) is 16.1 Å². The molecule has 0 radical (unpaired) electrons. The van der Waals surface area contributed by atoms with E-state index in [2.05, 4.69) is 4.98 Å². The molecule has 2 aromatic rings. The van der Waals surface area contributed by atoms with Gasteiger partial charge in [-0.25, -0.2) is 0 Å². The van der Waals surface area contributed by atoms with Crippen LogP contribution in [0, 0.1) is 0 Å². The minimum atomic E-state index is -1.03. The van der Waals surface area contributed by atoms with E-state index in [9.17, 15) is 4.79 Å². The van der Waals surface area contributed by atoms with E-state index in [0.717, 1.165) is 11.3 Å². The first-order valence-corrected chi connectivity index (χ1v) is 5.18. The molecule has 0 spiro atoms. The van der Waals surface area contributed by atoms with E-state index in [1.807, 2.05) is 30.3 Å². The molecule has 0 bridgehead atoms. The van der Waals surface area contributed by atoms with Gasteiger partial charge in [0.25, 0.3) is 0 Å². The summed E-state index contributed by atoms with van der Waals surface area (Å²) in [5.41, 5.74) is 7.88. The van der Waals surface area contributed by atoms with Crippen LogP contribution in [0.2, 0.25) is 0 Å². The Bertz CT molecular complexity index is 509. The fourth-order valence-electron chi connectivity index (χ4n) is 1.54. The molecular formula is C13H12N2O2. The van der Waals surface area contributed by atoms with Crippen LogP contribution in [0.15, 0.2) is 48.7 Å². The van der Waals surface area contributed by atoms with Crippen LogP contribution >= 0.6 is 0 Å². The van der Waals surface area contributed by atoms with Crippen molar-refractivity contribution in [3.8, 4) is 11.3 Å². The Morgan fingerprint density at radius 1 is 1.18 bits per heavy atom. The van der Waals surface area contributed by atoms with Crippen LogP contribution in [0.5, 0.6) is 0 Å². The van der Waals surface area contributed by atoms with E-state index in [-0.39, 0.29) is 0 Å². The van der Waals surface area contributed by atoms with Gasteiger partial charge in [-0.15, -0.1) is 0 Å². The SMILES string of the molecule is NC(C(=O)O)c1ccc(-c2ccccn2)cc1. The first-order chi connectivity index (χ1) is 8.18. The average molecular weight is 228 g/mol. The standard InChI is InChI=1S/C13H12N2O2/c14-12(13(16)17)10-6-4-9(5-7-10)11-3-1-2-8-15-11/h1-8,12H,14H2,(H,16,17). The number of pyridine rings is 1. The molecule has 0 saturated heterocycles. The second kappa shape index (κ2) is 4.76. The van der Waals surface area contributed by atoms with Crippen molar-refractivity contribution in [2.24, 2.45) is 5.73 Å². The highest BCUT2D eigenvalue weighted by molar-refractivity contribution is 5.75. The quantitative estimate of drug-likeness (QED) is 0.840. The van der Waals surface area contributed by atoms with Gasteiger partial charge in [0.1, 0.15) is 6.04 Å². The summed E-state index contributed by atoms with van der Waals surface area (Å²) >= 11 is 0. The zero-order valence-electron chi connectivity index (χ0n) is 9.08. The maximum atomic E-state index is 10.7. The highest BCUT2D eigenvalue weighted by Gasteiger charge is 2.13. The summed E-state index contributed by atoms with van der Waals surface area (Å²) in [4.78, 5) is 14.9. The minimum Gasteiger partial charge on any atom is -0.480 e. The van der Waals surface area contributed by atoms with Gasteiger partial charge in [0.2, 0.25) is 0 Å². The van der Waals surface area contributed by atoms with Crippen LogP contribution in [0.25, 0.3) is 11.3 Å². The lowest BCUT2D eigenvalue weighted by Crippen LogP contribution is -2.20. The molecule has 1 aromatic carbocycles. The zero-order valence-corrected chi connectivity index (χ0v) is 9.08. The van der Waals surface area contributed by atoms with Crippen LogP contribution in [0.4, 0.5) is 0 Å². The molecule has 4 heteroatoms. The van der Waals surface area contributed by atoms with Crippen molar-refractivity contribution in [2.45, 2.75) is 6.04 Å². The number of carbonyl (C=O) groups is 1. The molecule has 1 unspecified atom stereocenters. The van der Waals surface area contributed by atoms with Crippen LogP contribution in [-0.2, 0) is 4.79 Å². The van der Waals surface area contributed by atoms with Gasteiger partial charge in [0, 0.05) is 11.8 Å². The summed E-state index contributed by atoms with van der Waals surface area (Å²) in [5, 5.41) is 8.78. The molecule has 1 aromatic heterocycles. The Labute approximate surface area is 98.7 Å². The Kier molecular flexibility index (Phi) is 3.16. The van der Waals surface area contributed by atoms with Gasteiger partial charge in [-0.05, 0) is 17.7 Å². The maximum Gasteiger partial charge on any atom is 0.325 e. The Hall–Kier alpha value is -2.20. The van der Waals surface area contributed by atoms with Crippen LogP contribution in [0.1, 0.15) is 11.6 Å². The molecule has 17 heavy (non-hydrogen) atoms. The van der Waals surface area contributed by atoms with Crippen molar-refractivity contribution in [3.63, 3.8) is 0 Å². The van der Waals surface area contributed by atoms with Gasteiger partial charge in [0.15, 0.2) is 0 Å². The second-order valence-electron chi connectivity index (χ2n) is 3.65. The van der Waals surface area contributed by atoms with Crippen molar-refractivity contribution < 1.29 is 9.90 Å². The van der Waals surface area contributed by atoms with E-state index >= 15 is 0 Å². The lowest BCUT2D eigenvalue weighted by atomic mass is 10.0. The number of rotatable bonds is 3. The molecule has 0 amide bonds. The summed E-state index contributed by atoms with van der Waals surface area (Å²) in [7, 11) is 0. The van der Waals surface area contributed by atoms with E-state index in [1.54, 1.807) is 18.3 Å². The van der Waals surface area contributed by atoms with Crippen molar-refractivity contribution in [3.05, 3.63) is 54.2 Å². The van der Waals surface area contributed by atoms with Crippen molar-refractivity contribution >= 4 is 5.97 Å². The predicted molar refractivity (Wildman–Crippen MR) is 64.2 cm³/mol. The summed E-state index contributed by atoms with van der Waals surface area (Å²) < 4.78 is 0. The number of carboxylic acid groups (broad SMARTS) is 1.